The number of esters is 1. The number of hydrogen-bond donors (Lipinski definition) is 4. The summed E-state index contributed by atoms with van der Waals surface area (Å²) in [5, 5.41) is 14.4. The van der Waals surface area contributed by atoms with Crippen molar-refractivity contribution in [2.75, 3.05) is 12.4 Å². The van der Waals surface area contributed by atoms with Crippen LogP contribution in [0.2, 0.25) is 0 Å². The van der Waals surface area contributed by atoms with Crippen LogP contribution in [0.4, 0.5) is 5.69 Å². The van der Waals surface area contributed by atoms with Crippen molar-refractivity contribution in [2.24, 2.45) is 0 Å². The fourth-order valence-electron chi connectivity index (χ4n) is 3.09. The van der Waals surface area contributed by atoms with Crippen molar-refractivity contribution >= 4 is 23.5 Å². The van der Waals surface area contributed by atoms with Crippen molar-refractivity contribution < 1.29 is 29.1 Å². The minimum absolute atomic E-state index is 0.0690. The summed E-state index contributed by atoms with van der Waals surface area (Å²) in [7, 11) is 1.33. The molecule has 0 aromatic heterocycles. The molecule has 9 nitrogen and oxygen atoms in total. The first kappa shape index (κ1) is 27.1. The fraction of sp³-hybridized carbons (Fsp3) is 0.522. The third-order valence-electron chi connectivity index (χ3n) is 4.76. The van der Waals surface area contributed by atoms with E-state index in [1.54, 1.807) is 19.3 Å². The molecular formula is C23H35N3O6. The molecule has 1 unspecified atom stereocenters. The Kier molecular flexibility index (Phi) is 12.7. The predicted octanol–water partition coefficient (Wildman–Crippen LogP) is 3.04. The third-order valence-corrected chi connectivity index (χ3v) is 4.76. The molecule has 2 atom stereocenters. The van der Waals surface area contributed by atoms with Crippen molar-refractivity contribution in [3.63, 3.8) is 0 Å². The van der Waals surface area contributed by atoms with Gasteiger partial charge in [-0.15, -0.1) is 0 Å². The molecule has 32 heavy (non-hydrogen) atoms. The lowest BCUT2D eigenvalue weighted by Crippen LogP contribution is -2.46. The zero-order chi connectivity index (χ0) is 23.9. The van der Waals surface area contributed by atoms with E-state index >= 15 is 0 Å². The fourth-order valence-corrected chi connectivity index (χ4v) is 3.09. The summed E-state index contributed by atoms with van der Waals surface area (Å²) < 4.78 is 10.4. The maximum Gasteiger partial charge on any atom is 0.326 e. The lowest BCUT2D eigenvalue weighted by Gasteiger charge is -2.24. The average Bonchev–Trinajstić information content (AvgIpc) is 2.76. The van der Waals surface area contributed by atoms with Crippen LogP contribution in [0.15, 0.2) is 36.6 Å². The second-order valence-corrected chi connectivity index (χ2v) is 7.60. The van der Waals surface area contributed by atoms with Gasteiger partial charge in [0, 0.05) is 25.1 Å². The molecule has 0 saturated heterocycles. The topological polar surface area (TPSA) is 126 Å². The number of benzene rings is 1. The first-order chi connectivity index (χ1) is 15.3. The molecule has 0 radical (unpaired) electrons. The molecule has 178 valence electrons. The number of rotatable bonds is 15. The molecule has 0 spiro atoms. The lowest BCUT2D eigenvalue weighted by atomic mass is 10.1. The van der Waals surface area contributed by atoms with Gasteiger partial charge in [-0.05, 0) is 44.4 Å². The Hall–Kier alpha value is -2.91. The SMILES string of the molecule is C=C(C)OC(C)[C@H](NCc1ccc(NC(=O)CCCCCCC(=O)NO)cc1)C(=O)OC. The summed E-state index contributed by atoms with van der Waals surface area (Å²) in [4.78, 5) is 35.0. The molecule has 0 aliphatic carbocycles. The van der Waals surface area contributed by atoms with Gasteiger partial charge in [0.25, 0.3) is 0 Å². The van der Waals surface area contributed by atoms with Crippen molar-refractivity contribution in [1.82, 2.24) is 10.8 Å². The molecule has 4 N–H and O–H groups in total. The molecule has 0 bridgehead atoms. The summed E-state index contributed by atoms with van der Waals surface area (Å²) in [6.07, 6.45) is 3.31. The Morgan fingerprint density at radius 3 is 2.16 bits per heavy atom. The number of allylic oxidation sites excluding steroid dienone is 1. The number of nitrogens with one attached hydrogen (secondary N) is 3. The van der Waals surface area contributed by atoms with Gasteiger partial charge in [-0.1, -0.05) is 31.6 Å². The van der Waals surface area contributed by atoms with E-state index in [0.29, 0.717) is 30.8 Å². The predicted molar refractivity (Wildman–Crippen MR) is 121 cm³/mol. The number of ether oxygens (including phenoxy) is 2. The van der Waals surface area contributed by atoms with Crippen LogP contribution >= 0.6 is 0 Å². The van der Waals surface area contributed by atoms with Gasteiger partial charge in [0.15, 0.2) is 0 Å². The van der Waals surface area contributed by atoms with Crippen molar-refractivity contribution in [3.8, 4) is 0 Å². The molecule has 9 heteroatoms. The molecule has 0 aliphatic heterocycles. The van der Waals surface area contributed by atoms with Gasteiger partial charge in [-0.3, -0.25) is 24.9 Å². The molecule has 0 saturated carbocycles. The molecule has 1 aromatic carbocycles. The minimum Gasteiger partial charge on any atom is -0.494 e. The van der Waals surface area contributed by atoms with Gasteiger partial charge in [-0.2, -0.15) is 0 Å². The molecule has 1 aromatic rings. The summed E-state index contributed by atoms with van der Waals surface area (Å²) in [5.41, 5.74) is 3.23. The number of carbonyl (C=O) groups is 3. The van der Waals surface area contributed by atoms with Crippen LogP contribution in [0.5, 0.6) is 0 Å². The standard InChI is InChI=1S/C23H35N3O6/c1-16(2)32-17(3)22(23(29)31-4)24-15-18-11-13-19(14-12-18)25-20(27)9-7-5-6-8-10-21(28)26-30/h11-14,17,22,24,30H,1,5-10,15H2,2-4H3,(H,25,27)(H,26,28)/t17?,22-/m0/s1. The van der Waals surface area contributed by atoms with Gasteiger partial charge in [0.1, 0.15) is 12.1 Å². The normalized spacial score (nSPS) is 12.4. The van der Waals surface area contributed by atoms with Crippen molar-refractivity contribution in [2.45, 2.75) is 71.1 Å². The highest BCUT2D eigenvalue weighted by atomic mass is 16.5. The second kappa shape index (κ2) is 15.0. The number of carbonyl (C=O) groups excluding carboxylic acids is 3. The molecule has 0 fully saturated rings. The maximum atomic E-state index is 12.1. The van der Waals surface area contributed by atoms with Gasteiger partial charge < -0.3 is 14.8 Å². The van der Waals surface area contributed by atoms with Gasteiger partial charge >= 0.3 is 5.97 Å². The van der Waals surface area contributed by atoms with E-state index in [0.717, 1.165) is 24.8 Å². The Morgan fingerprint density at radius 1 is 1.03 bits per heavy atom. The van der Waals surface area contributed by atoms with Gasteiger partial charge in [-0.25, -0.2) is 5.48 Å². The molecule has 0 heterocycles. The Balaban J connectivity index is 2.41. The van der Waals surface area contributed by atoms with Gasteiger partial charge in [0.2, 0.25) is 11.8 Å². The van der Waals surface area contributed by atoms with E-state index in [1.165, 1.54) is 7.11 Å². The number of hydroxylamine groups is 1. The van der Waals surface area contributed by atoms with Crippen molar-refractivity contribution in [1.29, 1.82) is 0 Å². The van der Waals surface area contributed by atoms with E-state index in [9.17, 15) is 14.4 Å². The molecule has 1 rings (SSSR count). The van der Waals surface area contributed by atoms with E-state index in [2.05, 4.69) is 17.2 Å². The number of amides is 2. The average molecular weight is 450 g/mol. The highest BCUT2D eigenvalue weighted by molar-refractivity contribution is 5.90. The third kappa shape index (κ3) is 10.9. The smallest absolute Gasteiger partial charge is 0.326 e. The summed E-state index contributed by atoms with van der Waals surface area (Å²) in [5.74, 6) is -0.362. The van der Waals surface area contributed by atoms with Crippen LogP contribution in [-0.2, 0) is 30.4 Å². The highest BCUT2D eigenvalue weighted by Gasteiger charge is 2.27. The Bertz CT molecular complexity index is 751. The van der Waals surface area contributed by atoms with Crippen LogP contribution in [0.3, 0.4) is 0 Å². The van der Waals surface area contributed by atoms with E-state index in [1.807, 2.05) is 24.3 Å². The van der Waals surface area contributed by atoms with Crippen LogP contribution < -0.4 is 16.1 Å². The van der Waals surface area contributed by atoms with Crippen LogP contribution in [-0.4, -0.2) is 42.2 Å². The number of methoxy groups -OCH3 is 1. The first-order valence-corrected chi connectivity index (χ1v) is 10.7. The number of hydrogen-bond acceptors (Lipinski definition) is 7. The monoisotopic (exact) mass is 449 g/mol. The van der Waals surface area contributed by atoms with Crippen LogP contribution in [0.1, 0.15) is 57.9 Å². The zero-order valence-corrected chi connectivity index (χ0v) is 19.1. The minimum atomic E-state index is -0.644. The largest absolute Gasteiger partial charge is 0.494 e. The van der Waals surface area contributed by atoms with Crippen LogP contribution in [0.25, 0.3) is 0 Å². The maximum absolute atomic E-state index is 12.1. The lowest BCUT2D eigenvalue weighted by molar-refractivity contribution is -0.146. The zero-order valence-electron chi connectivity index (χ0n) is 19.1. The summed E-state index contributed by atoms with van der Waals surface area (Å²) in [6.45, 7) is 7.61. The number of unbranched alkanes of at least 4 members (excludes halogenated alkanes) is 3. The number of anilines is 1. The molecule has 0 aliphatic rings. The van der Waals surface area contributed by atoms with E-state index < -0.39 is 24.0 Å². The molecular weight excluding hydrogens is 414 g/mol. The molecule has 2 amide bonds. The van der Waals surface area contributed by atoms with Crippen molar-refractivity contribution in [3.05, 3.63) is 42.2 Å². The summed E-state index contributed by atoms with van der Waals surface area (Å²) in [6, 6.07) is 6.71. The van der Waals surface area contributed by atoms with Gasteiger partial charge in [0.05, 0.1) is 12.9 Å². The summed E-state index contributed by atoms with van der Waals surface area (Å²) >= 11 is 0. The second-order valence-electron chi connectivity index (χ2n) is 7.60. The highest BCUT2D eigenvalue weighted by Crippen LogP contribution is 2.13. The van der Waals surface area contributed by atoms with E-state index in [-0.39, 0.29) is 12.3 Å². The van der Waals surface area contributed by atoms with E-state index in [4.69, 9.17) is 14.7 Å². The Labute approximate surface area is 189 Å². The van der Waals surface area contributed by atoms with Crippen LogP contribution in [0, 0.1) is 0 Å². The first-order valence-electron chi connectivity index (χ1n) is 10.7. The quantitative estimate of drug-likeness (QED) is 0.107. The Morgan fingerprint density at radius 2 is 1.62 bits per heavy atom.